The summed E-state index contributed by atoms with van der Waals surface area (Å²) >= 11 is 0. The summed E-state index contributed by atoms with van der Waals surface area (Å²) in [5.41, 5.74) is 0.146. The number of carbonyl (C=O) groups is 1. The highest BCUT2D eigenvalue weighted by Crippen LogP contribution is 2.20. The Morgan fingerprint density at radius 1 is 1.25 bits per heavy atom. The number of halogens is 2. The Morgan fingerprint density at radius 2 is 2.05 bits per heavy atom. The van der Waals surface area contributed by atoms with Gasteiger partial charge in [0.25, 0.3) is 0 Å². The van der Waals surface area contributed by atoms with Crippen LogP contribution in [0.2, 0.25) is 0 Å². The van der Waals surface area contributed by atoms with Crippen LogP contribution in [0.1, 0.15) is 21.5 Å². The van der Waals surface area contributed by atoms with Crippen molar-refractivity contribution in [3.63, 3.8) is 0 Å². The van der Waals surface area contributed by atoms with E-state index in [1.807, 2.05) is 0 Å². The van der Waals surface area contributed by atoms with E-state index in [1.54, 1.807) is 6.07 Å². The SMILES string of the molecule is N#Cc1cccc(COc2ccc(F)cc2C=O)c1F. The minimum atomic E-state index is -0.662. The Labute approximate surface area is 114 Å². The fourth-order valence-corrected chi connectivity index (χ4v) is 1.68. The lowest BCUT2D eigenvalue weighted by atomic mass is 10.1. The molecule has 0 fully saturated rings. The van der Waals surface area contributed by atoms with Gasteiger partial charge in [-0.3, -0.25) is 4.79 Å². The summed E-state index contributed by atoms with van der Waals surface area (Å²) in [7, 11) is 0. The van der Waals surface area contributed by atoms with Gasteiger partial charge in [0, 0.05) is 5.56 Å². The van der Waals surface area contributed by atoms with Crippen LogP contribution in [-0.4, -0.2) is 6.29 Å². The molecule has 5 heteroatoms. The first-order valence-corrected chi connectivity index (χ1v) is 5.70. The highest BCUT2D eigenvalue weighted by Gasteiger charge is 2.10. The van der Waals surface area contributed by atoms with Crippen molar-refractivity contribution in [3.8, 4) is 11.8 Å². The zero-order valence-electron chi connectivity index (χ0n) is 10.3. The molecule has 0 amide bonds. The number of hydrogen-bond acceptors (Lipinski definition) is 3. The number of carbonyl (C=O) groups excluding carboxylic acids is 1. The third-order valence-electron chi connectivity index (χ3n) is 2.68. The summed E-state index contributed by atoms with van der Waals surface area (Å²) < 4.78 is 32.0. The maximum atomic E-state index is 13.8. The van der Waals surface area contributed by atoms with Crippen molar-refractivity contribution in [2.75, 3.05) is 0 Å². The number of nitriles is 1. The second kappa shape index (κ2) is 5.93. The van der Waals surface area contributed by atoms with Crippen molar-refractivity contribution < 1.29 is 18.3 Å². The van der Waals surface area contributed by atoms with E-state index in [4.69, 9.17) is 10.00 Å². The fraction of sp³-hybridized carbons (Fsp3) is 0.0667. The van der Waals surface area contributed by atoms with E-state index < -0.39 is 11.6 Å². The molecule has 0 spiro atoms. The minimum Gasteiger partial charge on any atom is -0.488 e. The van der Waals surface area contributed by atoms with Crippen LogP contribution < -0.4 is 4.74 Å². The molecule has 0 saturated carbocycles. The molecule has 2 aromatic carbocycles. The quantitative estimate of drug-likeness (QED) is 0.803. The molecule has 0 aliphatic rings. The van der Waals surface area contributed by atoms with Gasteiger partial charge < -0.3 is 4.74 Å². The Kier molecular flexibility index (Phi) is 4.06. The molecule has 0 atom stereocenters. The summed E-state index contributed by atoms with van der Waals surface area (Å²) in [6.07, 6.45) is 0.459. The molecule has 0 unspecified atom stereocenters. The zero-order chi connectivity index (χ0) is 14.5. The lowest BCUT2D eigenvalue weighted by Gasteiger charge is -2.09. The van der Waals surface area contributed by atoms with Crippen molar-refractivity contribution in [3.05, 3.63) is 64.7 Å². The molecule has 0 heterocycles. The highest BCUT2D eigenvalue weighted by atomic mass is 19.1. The molecule has 2 rings (SSSR count). The summed E-state index contributed by atoms with van der Waals surface area (Å²) in [4.78, 5) is 10.8. The van der Waals surface area contributed by atoms with Crippen molar-refractivity contribution in [1.82, 2.24) is 0 Å². The Morgan fingerprint density at radius 3 is 2.75 bits per heavy atom. The van der Waals surface area contributed by atoms with E-state index in [1.165, 1.54) is 24.3 Å². The predicted octanol–water partition coefficient (Wildman–Crippen LogP) is 3.23. The molecule has 0 aromatic heterocycles. The van der Waals surface area contributed by atoms with Gasteiger partial charge in [0.05, 0.1) is 11.1 Å². The number of ether oxygens (including phenoxy) is 1. The van der Waals surface area contributed by atoms with Crippen LogP contribution in [-0.2, 0) is 6.61 Å². The van der Waals surface area contributed by atoms with E-state index >= 15 is 0 Å². The number of rotatable bonds is 4. The van der Waals surface area contributed by atoms with Gasteiger partial charge in [-0.25, -0.2) is 8.78 Å². The smallest absolute Gasteiger partial charge is 0.153 e. The maximum absolute atomic E-state index is 13.8. The number of hydrogen-bond donors (Lipinski definition) is 0. The minimum absolute atomic E-state index is 0.0434. The third kappa shape index (κ3) is 2.81. The maximum Gasteiger partial charge on any atom is 0.153 e. The van der Waals surface area contributed by atoms with Crippen molar-refractivity contribution in [2.45, 2.75) is 6.61 Å². The monoisotopic (exact) mass is 273 g/mol. The third-order valence-corrected chi connectivity index (χ3v) is 2.68. The molecule has 0 N–H and O–H groups in total. The summed E-state index contributed by atoms with van der Waals surface area (Å²) in [5, 5.41) is 8.72. The van der Waals surface area contributed by atoms with Gasteiger partial charge in [-0.05, 0) is 24.3 Å². The first-order chi connectivity index (χ1) is 9.65. The average molecular weight is 273 g/mol. The van der Waals surface area contributed by atoms with Crippen molar-refractivity contribution in [1.29, 1.82) is 5.26 Å². The van der Waals surface area contributed by atoms with E-state index in [2.05, 4.69) is 0 Å². The molecular weight excluding hydrogens is 264 g/mol. The van der Waals surface area contributed by atoms with Crippen molar-refractivity contribution in [2.24, 2.45) is 0 Å². The van der Waals surface area contributed by atoms with E-state index in [-0.39, 0.29) is 29.0 Å². The fourth-order valence-electron chi connectivity index (χ4n) is 1.68. The molecule has 0 aliphatic heterocycles. The van der Waals surface area contributed by atoms with Gasteiger partial charge in [-0.2, -0.15) is 5.26 Å². The predicted molar refractivity (Wildman–Crippen MR) is 67.2 cm³/mol. The molecule has 0 aliphatic carbocycles. The zero-order valence-corrected chi connectivity index (χ0v) is 10.3. The number of nitrogens with zero attached hydrogens (tertiary/aromatic N) is 1. The largest absolute Gasteiger partial charge is 0.488 e. The number of aldehydes is 1. The van der Waals surface area contributed by atoms with Crippen LogP contribution in [0.15, 0.2) is 36.4 Å². The molecule has 100 valence electrons. The van der Waals surface area contributed by atoms with Crippen LogP contribution in [0.5, 0.6) is 5.75 Å². The van der Waals surface area contributed by atoms with Crippen LogP contribution in [0.25, 0.3) is 0 Å². The molecule has 2 aromatic rings. The molecule has 20 heavy (non-hydrogen) atoms. The first-order valence-electron chi connectivity index (χ1n) is 5.70. The molecular formula is C15H9F2NO2. The molecule has 0 radical (unpaired) electrons. The van der Waals surface area contributed by atoms with Gasteiger partial charge in [0.1, 0.15) is 30.1 Å². The standard InChI is InChI=1S/C15H9F2NO2/c16-13-4-5-14(12(6-13)8-19)20-9-11-3-1-2-10(7-18)15(11)17/h1-6,8H,9H2. The first kappa shape index (κ1) is 13.7. The van der Waals surface area contributed by atoms with Crippen LogP contribution >= 0.6 is 0 Å². The Hall–Kier alpha value is -2.74. The van der Waals surface area contributed by atoms with E-state index in [0.29, 0.717) is 6.29 Å². The Balaban J connectivity index is 2.22. The highest BCUT2D eigenvalue weighted by molar-refractivity contribution is 5.79. The van der Waals surface area contributed by atoms with Crippen LogP contribution in [0.4, 0.5) is 8.78 Å². The lowest BCUT2D eigenvalue weighted by Crippen LogP contribution is -2.02. The van der Waals surface area contributed by atoms with Gasteiger partial charge in [0.2, 0.25) is 0 Å². The summed E-state index contributed by atoms with van der Waals surface area (Å²) in [6.45, 7) is -0.159. The van der Waals surface area contributed by atoms with Gasteiger partial charge >= 0.3 is 0 Å². The van der Waals surface area contributed by atoms with Crippen molar-refractivity contribution >= 4 is 6.29 Å². The normalized spacial score (nSPS) is 9.85. The second-order valence-electron chi connectivity index (χ2n) is 3.98. The number of benzene rings is 2. The van der Waals surface area contributed by atoms with E-state index in [0.717, 1.165) is 12.1 Å². The molecule has 0 bridgehead atoms. The molecule has 0 saturated heterocycles. The average Bonchev–Trinajstić information content (AvgIpc) is 2.47. The van der Waals surface area contributed by atoms with Gasteiger partial charge in [-0.1, -0.05) is 12.1 Å². The van der Waals surface area contributed by atoms with Gasteiger partial charge in [-0.15, -0.1) is 0 Å². The molecule has 3 nitrogen and oxygen atoms in total. The Bertz CT molecular complexity index is 693. The summed E-state index contributed by atoms with van der Waals surface area (Å²) in [5.74, 6) is -1.06. The topological polar surface area (TPSA) is 50.1 Å². The van der Waals surface area contributed by atoms with E-state index in [9.17, 15) is 13.6 Å². The second-order valence-corrected chi connectivity index (χ2v) is 3.98. The summed E-state index contributed by atoms with van der Waals surface area (Å²) in [6, 6.07) is 9.56. The van der Waals surface area contributed by atoms with Crippen LogP contribution in [0.3, 0.4) is 0 Å². The lowest BCUT2D eigenvalue weighted by molar-refractivity contribution is 0.111. The van der Waals surface area contributed by atoms with Gasteiger partial charge in [0.15, 0.2) is 6.29 Å². The van der Waals surface area contributed by atoms with Crippen LogP contribution in [0, 0.1) is 23.0 Å².